The van der Waals surface area contributed by atoms with Crippen molar-refractivity contribution in [2.45, 2.75) is 108 Å². The number of aromatic nitrogens is 1. The van der Waals surface area contributed by atoms with Crippen LogP contribution in [0.2, 0.25) is 0 Å². The summed E-state index contributed by atoms with van der Waals surface area (Å²) in [6.45, 7) is 1.00. The van der Waals surface area contributed by atoms with Crippen molar-refractivity contribution < 1.29 is 11.0 Å². The topological polar surface area (TPSA) is 100 Å². The zero-order valence-electron chi connectivity index (χ0n) is 23.0. The van der Waals surface area contributed by atoms with Gasteiger partial charge in [0.05, 0.1) is 6.04 Å². The van der Waals surface area contributed by atoms with Crippen molar-refractivity contribution >= 4 is 28.4 Å². The number of nitrogens with one attached hydrogen (secondary N) is 2. The Morgan fingerprint density at radius 2 is 1.78 bits per heavy atom. The lowest BCUT2D eigenvalue weighted by molar-refractivity contribution is -0.140. The number of amides is 2. The number of pyridine rings is 1. The van der Waals surface area contributed by atoms with Gasteiger partial charge in [-0.3, -0.25) is 9.59 Å². The van der Waals surface area contributed by atoms with Gasteiger partial charge in [-0.1, -0.05) is 63.5 Å². The minimum absolute atomic E-state index is 0.0131. The molecule has 37 heavy (non-hydrogen) atoms. The van der Waals surface area contributed by atoms with E-state index in [0.29, 0.717) is 37.8 Å². The van der Waals surface area contributed by atoms with E-state index in [4.69, 9.17) is 7.10 Å². The van der Waals surface area contributed by atoms with Crippen LogP contribution in [0.3, 0.4) is 0 Å². The number of nitrogens with zero attached hydrogens (tertiary/aromatic N) is 2. The molecule has 7 nitrogen and oxygen atoms in total. The highest BCUT2D eigenvalue weighted by Gasteiger charge is 2.38. The Morgan fingerprint density at radius 1 is 1.03 bits per heavy atom. The monoisotopic (exact) mass is 506 g/mol. The van der Waals surface area contributed by atoms with Crippen molar-refractivity contribution in [1.82, 2.24) is 20.5 Å². The molecule has 0 radical (unpaired) electrons. The van der Waals surface area contributed by atoms with Gasteiger partial charge in [-0.15, -0.1) is 0 Å². The first-order valence-electron chi connectivity index (χ1n) is 14.9. The van der Waals surface area contributed by atoms with Crippen molar-refractivity contribution in [1.29, 1.82) is 0 Å². The van der Waals surface area contributed by atoms with Crippen LogP contribution in [0, 0.1) is 5.89 Å². The summed E-state index contributed by atoms with van der Waals surface area (Å²) in [4.78, 5) is 33.2. The van der Waals surface area contributed by atoms with Gasteiger partial charge in [0.15, 0.2) is 0 Å². The van der Waals surface area contributed by atoms with Crippen molar-refractivity contribution in [3.8, 4) is 0 Å². The first kappa shape index (κ1) is 24.7. The van der Waals surface area contributed by atoms with Crippen LogP contribution in [0.1, 0.15) is 90.4 Å². The van der Waals surface area contributed by atoms with Crippen molar-refractivity contribution in [2.75, 3.05) is 12.3 Å². The number of nitrogens with two attached hydrogens (primary N) is 1. The SMILES string of the molecule is [2H]C1(C[C@H](NC2CCCCC2)C(=O)N2CCC[C@H]2C(=O)NCc2ccc3c(N)nccc3c2)CCCCC1. The Morgan fingerprint density at radius 3 is 2.57 bits per heavy atom. The predicted octanol–water partition coefficient (Wildman–Crippen LogP) is 4.69. The number of rotatable bonds is 8. The highest BCUT2D eigenvalue weighted by molar-refractivity contribution is 5.92. The largest absolute Gasteiger partial charge is 0.383 e. The van der Waals surface area contributed by atoms with E-state index in [1.54, 1.807) is 11.1 Å². The molecule has 0 spiro atoms. The van der Waals surface area contributed by atoms with E-state index in [1.165, 1.54) is 25.7 Å². The van der Waals surface area contributed by atoms with E-state index in [1.807, 2.05) is 24.3 Å². The lowest BCUT2D eigenvalue weighted by atomic mass is 9.84. The van der Waals surface area contributed by atoms with Gasteiger partial charge in [0, 0.05) is 32.1 Å². The standard InChI is InChI=1S/C30H43N5O2/c31-28-25-14-13-22(18-23(25)15-16-32-28)20-33-29(36)27-12-7-17-35(27)30(37)26(19-21-8-3-1-4-9-21)34-24-10-5-2-6-11-24/h13-16,18,21,24,26-27,34H,1-12,17,19-20H2,(H2,31,32)(H,33,36)/t26-,27-/m0/s1/i21D. The zero-order valence-corrected chi connectivity index (χ0v) is 22.0. The first-order chi connectivity index (χ1) is 18.4. The molecule has 2 atom stereocenters. The summed E-state index contributed by atoms with van der Waals surface area (Å²) in [5.74, 6) is -0.136. The summed E-state index contributed by atoms with van der Waals surface area (Å²) >= 11 is 0. The highest BCUT2D eigenvalue weighted by atomic mass is 16.2. The molecule has 200 valence electrons. The van der Waals surface area contributed by atoms with Crippen LogP contribution in [-0.4, -0.2) is 46.4 Å². The molecule has 3 fully saturated rings. The number of hydrogen-bond acceptors (Lipinski definition) is 5. The quantitative estimate of drug-likeness (QED) is 0.482. The maximum Gasteiger partial charge on any atom is 0.243 e. The fourth-order valence-corrected chi connectivity index (χ4v) is 6.49. The number of carbonyl (C=O) groups excluding carboxylic acids is 2. The summed E-state index contributed by atoms with van der Waals surface area (Å²) in [7, 11) is 0. The Kier molecular flexibility index (Phi) is 8.16. The van der Waals surface area contributed by atoms with Crippen LogP contribution in [-0.2, 0) is 16.1 Å². The van der Waals surface area contributed by atoms with Crippen LogP contribution in [0.15, 0.2) is 30.5 Å². The van der Waals surface area contributed by atoms with E-state index in [-0.39, 0.29) is 17.9 Å². The van der Waals surface area contributed by atoms with Gasteiger partial charge < -0.3 is 21.3 Å². The molecule has 2 saturated carbocycles. The molecule has 1 aromatic heterocycles. The summed E-state index contributed by atoms with van der Waals surface area (Å²) in [6, 6.07) is 7.32. The first-order valence-corrected chi connectivity index (χ1v) is 14.4. The van der Waals surface area contributed by atoms with Crippen molar-refractivity contribution in [3.63, 3.8) is 0 Å². The third kappa shape index (κ3) is 6.43. The Balaban J connectivity index is 1.25. The Bertz CT molecular complexity index is 1130. The summed E-state index contributed by atoms with van der Waals surface area (Å²) in [5, 5.41) is 8.65. The fourth-order valence-electron chi connectivity index (χ4n) is 6.49. The molecule has 0 unspecified atom stereocenters. The number of hydrogen-bond donors (Lipinski definition) is 3. The molecule has 7 heteroatoms. The molecule has 5 rings (SSSR count). The number of nitrogen functional groups attached to an aromatic ring is 1. The molecule has 0 bridgehead atoms. The van der Waals surface area contributed by atoms with E-state index in [0.717, 1.165) is 61.3 Å². The Hall–Kier alpha value is -2.67. The zero-order chi connectivity index (χ0) is 26.5. The van der Waals surface area contributed by atoms with Gasteiger partial charge in [-0.05, 0) is 61.1 Å². The van der Waals surface area contributed by atoms with Crippen LogP contribution in [0.25, 0.3) is 10.8 Å². The van der Waals surface area contributed by atoms with Gasteiger partial charge >= 0.3 is 0 Å². The lowest BCUT2D eigenvalue weighted by Crippen LogP contribution is -2.54. The molecule has 4 N–H and O–H groups in total. The third-order valence-electron chi connectivity index (χ3n) is 8.56. The molecule has 2 aliphatic carbocycles. The molecular weight excluding hydrogens is 462 g/mol. The normalized spacial score (nSPS) is 23.5. The van der Waals surface area contributed by atoms with Crippen LogP contribution >= 0.6 is 0 Å². The maximum atomic E-state index is 14.0. The molecule has 1 aromatic carbocycles. The number of likely N-dealkylation sites (tertiary alicyclic amines) is 1. The van der Waals surface area contributed by atoms with Gasteiger partial charge in [0.25, 0.3) is 0 Å². The van der Waals surface area contributed by atoms with E-state index < -0.39 is 11.9 Å². The van der Waals surface area contributed by atoms with E-state index >= 15 is 0 Å². The molecular formula is C30H43N5O2. The smallest absolute Gasteiger partial charge is 0.243 e. The summed E-state index contributed by atoms with van der Waals surface area (Å²) < 4.78 is 9.10. The van der Waals surface area contributed by atoms with E-state index in [9.17, 15) is 9.59 Å². The van der Waals surface area contributed by atoms with Gasteiger partial charge in [-0.2, -0.15) is 0 Å². The third-order valence-corrected chi connectivity index (χ3v) is 8.56. The number of benzene rings is 1. The maximum absolute atomic E-state index is 14.0. The van der Waals surface area contributed by atoms with Crippen molar-refractivity contribution in [3.05, 3.63) is 36.0 Å². The second-order valence-electron chi connectivity index (χ2n) is 11.2. The molecule has 1 aliphatic heterocycles. The second-order valence-corrected chi connectivity index (χ2v) is 11.2. The van der Waals surface area contributed by atoms with Crippen LogP contribution in [0.5, 0.6) is 0 Å². The summed E-state index contributed by atoms with van der Waals surface area (Å²) in [5.41, 5.74) is 6.95. The fraction of sp³-hybridized carbons (Fsp3) is 0.633. The minimum Gasteiger partial charge on any atom is -0.383 e. The number of anilines is 1. The van der Waals surface area contributed by atoms with Gasteiger partial charge in [-0.25, -0.2) is 4.98 Å². The number of fused-ring (bicyclic) bond motifs is 1. The van der Waals surface area contributed by atoms with Crippen molar-refractivity contribution in [2.24, 2.45) is 5.89 Å². The summed E-state index contributed by atoms with van der Waals surface area (Å²) in [6.07, 6.45) is 14.6. The van der Waals surface area contributed by atoms with Gasteiger partial charge in [0.2, 0.25) is 11.8 Å². The highest BCUT2D eigenvalue weighted by Crippen LogP contribution is 2.30. The second kappa shape index (κ2) is 12.2. The lowest BCUT2D eigenvalue weighted by Gasteiger charge is -2.35. The van der Waals surface area contributed by atoms with Gasteiger partial charge in [0.1, 0.15) is 11.9 Å². The van der Waals surface area contributed by atoms with Crippen LogP contribution in [0.4, 0.5) is 5.82 Å². The average molecular weight is 507 g/mol. The van der Waals surface area contributed by atoms with Crippen LogP contribution < -0.4 is 16.4 Å². The number of carbonyl (C=O) groups is 2. The molecule has 1 saturated heterocycles. The minimum atomic E-state index is -0.549. The molecule has 3 aliphatic rings. The predicted molar refractivity (Wildman–Crippen MR) is 148 cm³/mol. The molecule has 2 heterocycles. The Labute approximate surface area is 222 Å². The molecule has 2 aromatic rings. The average Bonchev–Trinajstić information content (AvgIpc) is 3.42. The van der Waals surface area contributed by atoms with E-state index in [2.05, 4.69) is 15.6 Å². The molecule has 2 amide bonds.